The molecule has 0 bridgehead atoms. The van der Waals surface area contributed by atoms with E-state index in [9.17, 15) is 8.42 Å². The predicted molar refractivity (Wildman–Crippen MR) is 81.3 cm³/mol. The minimum Gasteiger partial charge on any atom is -0.441 e. The van der Waals surface area contributed by atoms with Gasteiger partial charge in [-0.05, 0) is 25.2 Å². The summed E-state index contributed by atoms with van der Waals surface area (Å²) in [6, 6.07) is 0. The molecule has 1 aliphatic rings. The van der Waals surface area contributed by atoms with Crippen LogP contribution in [0.4, 0.5) is 0 Å². The minimum atomic E-state index is -3.42. The van der Waals surface area contributed by atoms with Gasteiger partial charge in [-0.2, -0.15) is 8.42 Å². The topological polar surface area (TPSA) is 69.4 Å². The summed E-state index contributed by atoms with van der Waals surface area (Å²) < 4.78 is 32.4. The normalized spacial score (nSPS) is 18.0. The summed E-state index contributed by atoms with van der Waals surface area (Å²) in [7, 11) is -3.42. The molecule has 2 rings (SSSR count). The first kappa shape index (κ1) is 16.2. The molecule has 0 amide bonds. The van der Waals surface area contributed by atoms with Gasteiger partial charge in [0.2, 0.25) is 5.89 Å². The monoisotopic (exact) mass is 313 g/mol. The molecule has 0 N–H and O–H groups in total. The van der Waals surface area contributed by atoms with Crippen molar-refractivity contribution in [2.75, 3.05) is 12.9 Å². The van der Waals surface area contributed by atoms with Crippen LogP contribution in [0.5, 0.6) is 0 Å². The third-order valence-corrected chi connectivity index (χ3v) is 4.82. The SMILES string of the molecule is C=C(c1nc(CCOS(C)(=O)=O)c(C)o1)C1(C)CCCC1. The lowest BCUT2D eigenvalue weighted by molar-refractivity contribution is 0.324. The van der Waals surface area contributed by atoms with E-state index in [2.05, 4.69) is 18.5 Å². The quantitative estimate of drug-likeness (QED) is 0.755. The molecule has 0 aromatic carbocycles. The van der Waals surface area contributed by atoms with Crippen LogP contribution in [0.15, 0.2) is 11.0 Å². The molecule has 1 heterocycles. The zero-order valence-corrected chi connectivity index (χ0v) is 13.8. The van der Waals surface area contributed by atoms with E-state index >= 15 is 0 Å². The average Bonchev–Trinajstić information content (AvgIpc) is 2.95. The van der Waals surface area contributed by atoms with Crippen LogP contribution in [0.25, 0.3) is 5.57 Å². The zero-order valence-electron chi connectivity index (χ0n) is 12.9. The molecule has 118 valence electrons. The number of allylic oxidation sites excluding steroid dienone is 1. The number of oxazole rings is 1. The molecular weight excluding hydrogens is 290 g/mol. The van der Waals surface area contributed by atoms with Crippen LogP contribution in [0.1, 0.15) is 50.0 Å². The van der Waals surface area contributed by atoms with Gasteiger partial charge in [0.1, 0.15) is 5.76 Å². The van der Waals surface area contributed by atoms with Crippen molar-refractivity contribution < 1.29 is 17.0 Å². The molecule has 0 radical (unpaired) electrons. The summed E-state index contributed by atoms with van der Waals surface area (Å²) in [6.45, 7) is 8.28. The highest BCUT2D eigenvalue weighted by atomic mass is 32.2. The Balaban J connectivity index is 2.06. The fraction of sp³-hybridized carbons (Fsp3) is 0.667. The smallest absolute Gasteiger partial charge is 0.264 e. The molecule has 0 atom stereocenters. The maximum atomic E-state index is 11.0. The van der Waals surface area contributed by atoms with Crippen LogP contribution in [0, 0.1) is 12.3 Å². The Labute approximate surface area is 126 Å². The Morgan fingerprint density at radius 1 is 1.43 bits per heavy atom. The van der Waals surface area contributed by atoms with E-state index in [4.69, 9.17) is 8.60 Å². The van der Waals surface area contributed by atoms with E-state index in [1.807, 2.05) is 6.92 Å². The number of hydrogen-bond donors (Lipinski definition) is 0. The lowest BCUT2D eigenvalue weighted by Crippen LogP contribution is -2.13. The van der Waals surface area contributed by atoms with Crippen molar-refractivity contribution in [3.05, 3.63) is 23.9 Å². The average molecular weight is 313 g/mol. The highest BCUT2D eigenvalue weighted by Crippen LogP contribution is 2.47. The Morgan fingerprint density at radius 2 is 2.05 bits per heavy atom. The van der Waals surface area contributed by atoms with Gasteiger partial charge in [-0.25, -0.2) is 4.98 Å². The van der Waals surface area contributed by atoms with Gasteiger partial charge >= 0.3 is 0 Å². The van der Waals surface area contributed by atoms with Gasteiger partial charge in [0.15, 0.2) is 0 Å². The fourth-order valence-electron chi connectivity index (χ4n) is 2.79. The van der Waals surface area contributed by atoms with Crippen LogP contribution in [-0.2, 0) is 20.7 Å². The van der Waals surface area contributed by atoms with E-state index in [1.54, 1.807) is 0 Å². The van der Waals surface area contributed by atoms with Gasteiger partial charge in [-0.15, -0.1) is 0 Å². The van der Waals surface area contributed by atoms with Crippen LogP contribution in [-0.4, -0.2) is 26.3 Å². The van der Waals surface area contributed by atoms with Gasteiger partial charge < -0.3 is 4.42 Å². The summed E-state index contributed by atoms with van der Waals surface area (Å²) in [6.07, 6.45) is 6.09. The summed E-state index contributed by atoms with van der Waals surface area (Å²) in [5, 5.41) is 0. The second-order valence-electron chi connectivity index (χ2n) is 6.04. The van der Waals surface area contributed by atoms with Crippen molar-refractivity contribution >= 4 is 15.7 Å². The van der Waals surface area contributed by atoms with Gasteiger partial charge in [0.25, 0.3) is 10.1 Å². The van der Waals surface area contributed by atoms with Crippen molar-refractivity contribution in [1.29, 1.82) is 0 Å². The number of hydrogen-bond acceptors (Lipinski definition) is 5. The molecule has 0 saturated heterocycles. The lowest BCUT2D eigenvalue weighted by atomic mass is 9.81. The Kier molecular flexibility index (Phi) is 4.58. The van der Waals surface area contributed by atoms with Crippen LogP contribution < -0.4 is 0 Å². The first-order chi connectivity index (χ1) is 9.71. The molecule has 1 aromatic heterocycles. The van der Waals surface area contributed by atoms with Crippen molar-refractivity contribution in [2.45, 2.75) is 46.0 Å². The van der Waals surface area contributed by atoms with Crippen molar-refractivity contribution in [3.8, 4) is 0 Å². The fourth-order valence-corrected chi connectivity index (χ4v) is 3.18. The number of nitrogens with zero attached hydrogens (tertiary/aromatic N) is 1. The molecule has 1 aromatic rings. The molecule has 1 aliphatic carbocycles. The lowest BCUT2D eigenvalue weighted by Gasteiger charge is -2.23. The second kappa shape index (κ2) is 5.93. The predicted octanol–water partition coefficient (Wildman–Crippen LogP) is 3.10. The molecule has 5 nitrogen and oxygen atoms in total. The van der Waals surface area contributed by atoms with E-state index in [1.165, 1.54) is 12.8 Å². The third kappa shape index (κ3) is 3.95. The first-order valence-corrected chi connectivity index (χ1v) is 9.03. The summed E-state index contributed by atoms with van der Waals surface area (Å²) in [5.41, 5.74) is 1.74. The molecule has 1 fully saturated rings. The number of aromatic nitrogens is 1. The molecule has 6 heteroatoms. The molecule has 0 aliphatic heterocycles. The number of aryl methyl sites for hydroxylation is 1. The molecule has 0 unspecified atom stereocenters. The highest BCUT2D eigenvalue weighted by molar-refractivity contribution is 7.85. The number of rotatable bonds is 6. The van der Waals surface area contributed by atoms with Crippen LogP contribution >= 0.6 is 0 Å². The van der Waals surface area contributed by atoms with E-state index in [0.29, 0.717) is 18.1 Å². The Bertz CT molecular complexity index is 624. The first-order valence-electron chi connectivity index (χ1n) is 7.22. The van der Waals surface area contributed by atoms with Gasteiger partial charge in [-0.1, -0.05) is 26.3 Å². The van der Waals surface area contributed by atoms with Gasteiger partial charge in [0.05, 0.1) is 18.6 Å². The minimum absolute atomic E-state index is 0.0673. The third-order valence-electron chi connectivity index (χ3n) is 4.22. The van der Waals surface area contributed by atoms with E-state index in [0.717, 1.165) is 30.4 Å². The van der Waals surface area contributed by atoms with Gasteiger partial charge in [-0.3, -0.25) is 4.18 Å². The maximum Gasteiger partial charge on any atom is 0.264 e. The molecule has 21 heavy (non-hydrogen) atoms. The van der Waals surface area contributed by atoms with Crippen molar-refractivity contribution in [1.82, 2.24) is 4.98 Å². The summed E-state index contributed by atoms with van der Waals surface area (Å²) >= 11 is 0. The maximum absolute atomic E-state index is 11.0. The van der Waals surface area contributed by atoms with Crippen LogP contribution in [0.2, 0.25) is 0 Å². The second-order valence-corrected chi connectivity index (χ2v) is 7.69. The largest absolute Gasteiger partial charge is 0.441 e. The summed E-state index contributed by atoms with van der Waals surface area (Å²) in [4.78, 5) is 4.48. The zero-order chi connectivity index (χ0) is 15.7. The van der Waals surface area contributed by atoms with Gasteiger partial charge in [0, 0.05) is 12.0 Å². The molecule has 0 spiro atoms. The Hall–Kier alpha value is -1.14. The highest BCUT2D eigenvalue weighted by Gasteiger charge is 2.34. The van der Waals surface area contributed by atoms with Crippen molar-refractivity contribution in [3.63, 3.8) is 0 Å². The molecule has 1 saturated carbocycles. The molecular formula is C15H23NO4S. The summed E-state index contributed by atoms with van der Waals surface area (Å²) in [5.74, 6) is 1.27. The van der Waals surface area contributed by atoms with Crippen LogP contribution in [0.3, 0.4) is 0 Å². The standard InChI is InChI=1S/C15H23NO4S/c1-11(15(3)8-5-6-9-15)14-16-13(12(2)20-14)7-10-19-21(4,17)18/h1,5-10H2,2-4H3. The van der Waals surface area contributed by atoms with E-state index < -0.39 is 10.1 Å². The van der Waals surface area contributed by atoms with Crippen molar-refractivity contribution in [2.24, 2.45) is 5.41 Å². The van der Waals surface area contributed by atoms with E-state index in [-0.39, 0.29) is 12.0 Å². The Morgan fingerprint density at radius 3 is 2.62 bits per heavy atom.